The number of ether oxygens (including phenoxy) is 1. The highest BCUT2D eigenvalue weighted by Crippen LogP contribution is 2.02. The molecule has 9 nitrogen and oxygen atoms in total. The first kappa shape index (κ1) is 39.9. The minimum absolute atomic E-state index is 0. The molecule has 184 valence electrons. The molecule has 0 saturated carbocycles. The van der Waals surface area contributed by atoms with Gasteiger partial charge in [-0.15, -0.1) is 49.6 Å². The maximum Gasteiger partial charge on any atom is 0.305 e. The Labute approximate surface area is 204 Å². The van der Waals surface area contributed by atoms with E-state index in [2.05, 4.69) is 5.32 Å². The Kier molecular flexibility index (Phi) is 35.2. The second-order valence-corrected chi connectivity index (χ2v) is 6.01. The summed E-state index contributed by atoms with van der Waals surface area (Å²) in [5, 5.41) is 2.75. The monoisotopic (exact) mass is 517 g/mol. The lowest BCUT2D eigenvalue weighted by molar-refractivity contribution is -0.143. The Balaban J connectivity index is -0.000000521. The van der Waals surface area contributed by atoms with Crippen LogP contribution in [0.3, 0.4) is 0 Å². The van der Waals surface area contributed by atoms with Gasteiger partial charge < -0.3 is 32.2 Å². The van der Waals surface area contributed by atoms with Crippen molar-refractivity contribution in [3.8, 4) is 0 Å². The smallest absolute Gasteiger partial charge is 0.305 e. The number of carbonyl (C=O) groups excluding carboxylic acids is 3. The largest absolute Gasteiger partial charge is 0.466 e. The number of rotatable bonds is 15. The summed E-state index contributed by atoms with van der Waals surface area (Å²) in [5.41, 5.74) is 16.8. The van der Waals surface area contributed by atoms with Crippen molar-refractivity contribution in [3.63, 3.8) is 0 Å². The third kappa shape index (κ3) is 20.7. The van der Waals surface area contributed by atoms with Crippen LogP contribution in [0.15, 0.2) is 0 Å². The normalized spacial score (nSPS) is 10.1. The number of nitrogens with one attached hydrogen (secondary N) is 1. The number of unbranched alkanes of at least 4 members (excludes halogenated alkanes) is 2. The van der Waals surface area contributed by atoms with Gasteiger partial charge in [0.15, 0.2) is 0 Å². The summed E-state index contributed by atoms with van der Waals surface area (Å²) in [5.74, 6) is -0.558. The van der Waals surface area contributed by atoms with E-state index in [0.717, 1.165) is 19.3 Å². The molecule has 0 bridgehead atoms. The van der Waals surface area contributed by atoms with Crippen LogP contribution in [0.2, 0.25) is 0 Å². The van der Waals surface area contributed by atoms with Crippen molar-refractivity contribution in [2.24, 2.45) is 17.2 Å². The SMILES string of the molecule is CCOC(=O)CCCCCNC(=O)[C@@H](N)CCC(=O)N(CCN)CCN.Cl.Cl.Cl.Cl. The minimum Gasteiger partial charge on any atom is -0.466 e. The van der Waals surface area contributed by atoms with Crippen molar-refractivity contribution in [3.05, 3.63) is 0 Å². The third-order valence-corrected chi connectivity index (χ3v) is 3.82. The van der Waals surface area contributed by atoms with Gasteiger partial charge in [0.05, 0.1) is 12.6 Å². The average Bonchev–Trinajstić information content (AvgIpc) is 2.62. The van der Waals surface area contributed by atoms with Gasteiger partial charge in [-0.3, -0.25) is 14.4 Å². The summed E-state index contributed by atoms with van der Waals surface area (Å²) in [6, 6.07) is -0.726. The molecule has 0 aromatic carbocycles. The summed E-state index contributed by atoms with van der Waals surface area (Å²) < 4.78 is 4.84. The molecule has 0 aliphatic rings. The number of nitrogens with two attached hydrogens (primary N) is 3. The zero-order valence-electron chi connectivity index (χ0n) is 17.5. The molecule has 13 heteroatoms. The van der Waals surface area contributed by atoms with Crippen molar-refractivity contribution in [2.75, 3.05) is 39.3 Å². The van der Waals surface area contributed by atoms with Crippen LogP contribution in [0, 0.1) is 0 Å². The van der Waals surface area contributed by atoms with Gasteiger partial charge in [0.2, 0.25) is 11.8 Å². The van der Waals surface area contributed by atoms with Crippen molar-refractivity contribution in [1.82, 2.24) is 10.2 Å². The molecular weight excluding hydrogens is 480 g/mol. The summed E-state index contributed by atoms with van der Waals surface area (Å²) in [6.07, 6.45) is 3.17. The van der Waals surface area contributed by atoms with Crippen LogP contribution in [0.1, 0.15) is 45.4 Å². The van der Waals surface area contributed by atoms with Crippen LogP contribution in [0.25, 0.3) is 0 Å². The Bertz CT molecular complexity index is 431. The van der Waals surface area contributed by atoms with E-state index >= 15 is 0 Å². The first-order chi connectivity index (χ1) is 12.5. The maximum atomic E-state index is 12.1. The van der Waals surface area contributed by atoms with Gasteiger partial charge >= 0.3 is 5.97 Å². The molecule has 1 atom stereocenters. The molecule has 2 amide bonds. The van der Waals surface area contributed by atoms with E-state index in [1.54, 1.807) is 11.8 Å². The number of halogens is 4. The van der Waals surface area contributed by atoms with Crippen LogP contribution in [0.5, 0.6) is 0 Å². The van der Waals surface area contributed by atoms with E-state index in [-0.39, 0.29) is 80.3 Å². The highest BCUT2D eigenvalue weighted by atomic mass is 35.5. The van der Waals surface area contributed by atoms with Crippen LogP contribution >= 0.6 is 49.6 Å². The fourth-order valence-corrected chi connectivity index (χ4v) is 2.39. The average molecular weight is 519 g/mol. The summed E-state index contributed by atoms with van der Waals surface area (Å²) >= 11 is 0. The molecule has 30 heavy (non-hydrogen) atoms. The molecule has 0 aromatic rings. The number of carbonyl (C=O) groups is 3. The van der Waals surface area contributed by atoms with Crippen LogP contribution in [-0.4, -0.2) is 68.1 Å². The predicted octanol–water partition coefficient (Wildman–Crippen LogP) is 0.767. The molecule has 0 spiro atoms. The molecule has 0 fully saturated rings. The van der Waals surface area contributed by atoms with Crippen molar-refractivity contribution < 1.29 is 19.1 Å². The van der Waals surface area contributed by atoms with Gasteiger partial charge in [0.25, 0.3) is 0 Å². The quantitative estimate of drug-likeness (QED) is 0.184. The highest BCUT2D eigenvalue weighted by molar-refractivity contribution is 5.86. The first-order valence-corrected chi connectivity index (χ1v) is 9.33. The highest BCUT2D eigenvalue weighted by Gasteiger charge is 2.17. The van der Waals surface area contributed by atoms with Gasteiger partial charge in [0, 0.05) is 45.6 Å². The van der Waals surface area contributed by atoms with E-state index in [1.165, 1.54) is 0 Å². The van der Waals surface area contributed by atoms with Crippen LogP contribution in [-0.2, 0) is 19.1 Å². The second kappa shape index (κ2) is 26.5. The standard InChI is InChI=1S/C17H35N5O4.4ClH/c1-2-26-16(24)6-4-3-5-11-21-17(25)14(20)7-8-15(23)22(12-9-18)13-10-19;;;;/h14H,2-13,18-20H2,1H3,(H,21,25);4*1H/t14-;;;;/m0..../s1. The van der Waals surface area contributed by atoms with E-state index in [1.807, 2.05) is 0 Å². The van der Waals surface area contributed by atoms with E-state index < -0.39 is 6.04 Å². The fraction of sp³-hybridized carbons (Fsp3) is 0.824. The Morgan fingerprint density at radius 1 is 0.933 bits per heavy atom. The lowest BCUT2D eigenvalue weighted by atomic mass is 10.1. The molecule has 0 rings (SSSR count). The van der Waals surface area contributed by atoms with E-state index in [9.17, 15) is 14.4 Å². The Hall–Kier alpha value is -0.550. The van der Waals surface area contributed by atoms with Gasteiger partial charge in [-0.2, -0.15) is 0 Å². The Morgan fingerprint density at radius 3 is 2.00 bits per heavy atom. The summed E-state index contributed by atoms with van der Waals surface area (Å²) in [7, 11) is 0. The minimum atomic E-state index is -0.726. The fourth-order valence-electron chi connectivity index (χ4n) is 2.39. The second-order valence-electron chi connectivity index (χ2n) is 6.01. The zero-order valence-corrected chi connectivity index (χ0v) is 20.8. The van der Waals surface area contributed by atoms with Crippen LogP contribution in [0.4, 0.5) is 0 Å². The summed E-state index contributed by atoms with van der Waals surface area (Å²) in [6.45, 7) is 4.30. The van der Waals surface area contributed by atoms with Crippen molar-refractivity contribution in [2.45, 2.75) is 51.5 Å². The molecule has 0 unspecified atom stereocenters. The van der Waals surface area contributed by atoms with E-state index in [4.69, 9.17) is 21.9 Å². The zero-order chi connectivity index (χ0) is 19.8. The van der Waals surface area contributed by atoms with Gasteiger partial charge in [-0.1, -0.05) is 6.42 Å². The van der Waals surface area contributed by atoms with Gasteiger partial charge in [-0.25, -0.2) is 0 Å². The van der Waals surface area contributed by atoms with Gasteiger partial charge in [-0.05, 0) is 26.2 Å². The molecule has 0 radical (unpaired) electrons. The molecule has 0 aromatic heterocycles. The number of nitrogens with zero attached hydrogens (tertiary/aromatic N) is 1. The number of esters is 1. The number of amides is 2. The first-order valence-electron chi connectivity index (χ1n) is 9.33. The van der Waals surface area contributed by atoms with Crippen LogP contribution < -0.4 is 22.5 Å². The molecule has 0 saturated heterocycles. The third-order valence-electron chi connectivity index (χ3n) is 3.82. The summed E-state index contributed by atoms with van der Waals surface area (Å²) in [4.78, 5) is 36.8. The predicted molar refractivity (Wildman–Crippen MR) is 129 cm³/mol. The molecule has 0 aliphatic heterocycles. The lowest BCUT2D eigenvalue weighted by Crippen LogP contribution is -2.43. The lowest BCUT2D eigenvalue weighted by Gasteiger charge is -2.22. The Morgan fingerprint density at radius 2 is 1.50 bits per heavy atom. The molecule has 0 aliphatic carbocycles. The topological polar surface area (TPSA) is 154 Å². The molecule has 7 N–H and O–H groups in total. The number of hydrogen-bond acceptors (Lipinski definition) is 7. The van der Waals surface area contributed by atoms with Crippen molar-refractivity contribution >= 4 is 67.4 Å². The van der Waals surface area contributed by atoms with E-state index in [0.29, 0.717) is 45.8 Å². The molecular formula is C17H39Cl4N5O4. The molecule has 0 heterocycles. The maximum absolute atomic E-state index is 12.1. The van der Waals surface area contributed by atoms with Crippen molar-refractivity contribution in [1.29, 1.82) is 0 Å². The number of hydrogen-bond donors (Lipinski definition) is 4. The van der Waals surface area contributed by atoms with Gasteiger partial charge in [0.1, 0.15) is 0 Å².